The van der Waals surface area contributed by atoms with Crippen molar-refractivity contribution in [3.05, 3.63) is 131 Å². The second-order valence-electron chi connectivity index (χ2n) is 32.1. The summed E-state index contributed by atoms with van der Waals surface area (Å²) in [5.74, 6) is -5.69. The smallest absolute Gasteiger partial charge is 0.333 e. The van der Waals surface area contributed by atoms with Crippen LogP contribution < -0.4 is 86.1 Å². The van der Waals surface area contributed by atoms with Gasteiger partial charge in [-0.05, 0) is 204 Å². The van der Waals surface area contributed by atoms with Crippen molar-refractivity contribution >= 4 is 72.1 Å². The highest BCUT2D eigenvalue weighted by Crippen LogP contribution is 2.29. The number of esters is 2. The highest BCUT2D eigenvalue weighted by atomic mass is 35.5. The fraction of sp³-hybridized carbons (Fsp3) is 0.596. The summed E-state index contributed by atoms with van der Waals surface area (Å²) >= 11 is 0. The summed E-state index contributed by atoms with van der Waals surface area (Å²) in [5, 5.41) is 60.4. The molecule has 0 aliphatic heterocycles. The molecule has 2 aliphatic rings. The van der Waals surface area contributed by atoms with Crippen LogP contribution in [0.2, 0.25) is 0 Å². The Morgan fingerprint density at radius 2 is 0.884 bits per heavy atom. The number of ether oxygens (including phenoxy) is 4. The van der Waals surface area contributed by atoms with Gasteiger partial charge >= 0.3 is 17.9 Å². The number of rotatable bonds is 49. The minimum atomic E-state index is -1.77. The molecule has 0 radical (unpaired) electrons. The molecule has 0 spiro atoms. The normalized spacial score (nSPS) is 15.2. The van der Waals surface area contributed by atoms with Crippen LogP contribution in [0.15, 0.2) is 109 Å². The number of nitrogens with one attached hydrogen (secondary N) is 11. The van der Waals surface area contributed by atoms with Crippen LogP contribution in [0, 0.1) is 11.8 Å². The molecule has 4 aromatic rings. The average Bonchev–Trinajstić information content (AvgIpc) is 0.841. The van der Waals surface area contributed by atoms with Crippen molar-refractivity contribution in [3.63, 3.8) is 0 Å². The van der Waals surface area contributed by atoms with Crippen molar-refractivity contribution in [2.45, 2.75) is 276 Å². The highest BCUT2D eigenvalue weighted by Gasteiger charge is 2.37. The third kappa shape index (κ3) is 42.5. The first-order valence-electron chi connectivity index (χ1n) is 41.9. The summed E-state index contributed by atoms with van der Waals surface area (Å²) in [6, 6.07) is 24.0. The number of hydrogen-bond donors (Lipinski definition) is 15. The number of benzene rings is 4. The average molecular weight is 1720 g/mol. The lowest BCUT2D eigenvalue weighted by Crippen LogP contribution is -3.00. The van der Waals surface area contributed by atoms with Crippen LogP contribution in [-0.2, 0) is 79.8 Å². The van der Waals surface area contributed by atoms with Crippen LogP contribution in [0.5, 0.6) is 11.5 Å². The molecule has 9 amide bonds. The van der Waals surface area contributed by atoms with E-state index < -0.39 is 144 Å². The van der Waals surface area contributed by atoms with Gasteiger partial charge in [-0.3, -0.25) is 43.2 Å². The maximum absolute atomic E-state index is 14.1. The first-order chi connectivity index (χ1) is 56.8. The number of carbonyl (C=O) groups is 12. The number of amides is 9. The maximum Gasteiger partial charge on any atom is 0.333 e. The molecule has 4 unspecified atom stereocenters. The Morgan fingerprint density at radius 3 is 1.26 bits per heavy atom. The predicted octanol–water partition coefficient (Wildman–Crippen LogP) is 3.83. The number of aliphatic hydroxyl groups is 2. The van der Waals surface area contributed by atoms with Crippen molar-refractivity contribution < 1.29 is 104 Å². The zero-order valence-corrected chi connectivity index (χ0v) is 72.4. The molecule has 10 atom stereocenters. The molecular weight excluding hydrogens is 1580 g/mol. The summed E-state index contributed by atoms with van der Waals surface area (Å²) < 4.78 is 22.7. The van der Waals surface area contributed by atoms with Crippen LogP contribution >= 0.6 is 0 Å². The van der Waals surface area contributed by atoms with Gasteiger partial charge in [-0.2, -0.15) is 0 Å². The fourth-order valence-corrected chi connectivity index (χ4v) is 13.7. The molecule has 0 bridgehead atoms. The van der Waals surface area contributed by atoms with Crippen LogP contribution in [0.25, 0.3) is 0 Å². The van der Waals surface area contributed by atoms with E-state index in [1.54, 1.807) is 108 Å². The van der Waals surface area contributed by atoms with Gasteiger partial charge in [-0.15, -0.1) is 0 Å². The molecule has 0 heterocycles. The van der Waals surface area contributed by atoms with Crippen molar-refractivity contribution in [2.75, 3.05) is 53.5 Å². The monoisotopic (exact) mass is 1710 g/mol. The van der Waals surface area contributed by atoms with Crippen LogP contribution in [-0.4, -0.2) is 201 Å². The third-order valence-corrected chi connectivity index (χ3v) is 19.8. The molecule has 2 aliphatic carbocycles. The van der Waals surface area contributed by atoms with Crippen molar-refractivity contribution in [1.82, 2.24) is 58.5 Å². The minimum absolute atomic E-state index is 0. The van der Waals surface area contributed by atoms with E-state index in [0.29, 0.717) is 67.1 Å². The van der Waals surface area contributed by atoms with E-state index in [0.717, 1.165) is 128 Å². The number of halogens is 1. The number of aliphatic hydroxyl groups excluding tert-OH is 2. The number of hydrogen-bond acceptors (Lipinski definition) is 21. The number of carbonyl (C=O) groups excluding carboxylic acids is 11. The molecule has 16 N–H and O–H groups in total. The second kappa shape index (κ2) is 59.0. The van der Waals surface area contributed by atoms with E-state index in [1.165, 1.54) is 0 Å². The SMILES string of the molecule is C.CCCC(N)C(O)C(=O)NCC(=O)N[C@H](C(=O)OC(C)(C)C)c1ccccc1.CCCC(NC(=O)[C@H](Cc1cccc(OCCCCCNC)c1)NC(=O)[C@@H](NC=O)C1CCCCC1)C(O)C(=O)NCC(=O)N[C@H](C(=O)OC(C)(C)C)c1ccccc1.CNCCCCCOc1cccc(C[C@H](NC(=O)[C@@H](NC=O)C2CCCCC2)C(=O)O)c1.[Cl-]. The van der Waals surface area contributed by atoms with E-state index in [-0.39, 0.29) is 50.9 Å². The maximum atomic E-state index is 14.1. The summed E-state index contributed by atoms with van der Waals surface area (Å²) in [4.78, 5) is 151. The Morgan fingerprint density at radius 1 is 0.488 bits per heavy atom. The Balaban J connectivity index is 0.000000673. The molecule has 32 heteroatoms. The van der Waals surface area contributed by atoms with E-state index >= 15 is 0 Å². The minimum Gasteiger partial charge on any atom is -1.00 e. The van der Waals surface area contributed by atoms with Gasteiger partial charge in [-0.25, -0.2) is 14.4 Å². The highest BCUT2D eigenvalue weighted by molar-refractivity contribution is 5.94. The summed E-state index contributed by atoms with van der Waals surface area (Å²) in [6.45, 7) is 16.1. The van der Waals surface area contributed by atoms with E-state index in [1.807, 2.05) is 70.4 Å². The van der Waals surface area contributed by atoms with Gasteiger partial charge in [0.1, 0.15) is 53.0 Å². The van der Waals surface area contributed by atoms with Crippen LogP contribution in [0.3, 0.4) is 0 Å². The van der Waals surface area contributed by atoms with E-state index in [4.69, 9.17) is 24.7 Å². The molecular formula is C89H138ClN12O19-. The van der Waals surface area contributed by atoms with Gasteiger partial charge in [0.2, 0.25) is 42.4 Å². The molecule has 2 fully saturated rings. The van der Waals surface area contributed by atoms with Gasteiger partial charge in [0.05, 0.1) is 32.3 Å². The number of carboxylic acid groups (broad SMARTS) is 1. The van der Waals surface area contributed by atoms with E-state index in [2.05, 4.69) is 58.5 Å². The molecule has 31 nitrogen and oxygen atoms in total. The Kier molecular flexibility index (Phi) is 52.3. The summed E-state index contributed by atoms with van der Waals surface area (Å²) in [7, 11) is 3.85. The van der Waals surface area contributed by atoms with Gasteiger partial charge in [0, 0.05) is 18.9 Å². The number of aliphatic carboxylic acids is 1. The van der Waals surface area contributed by atoms with Gasteiger partial charge in [0.15, 0.2) is 18.2 Å². The van der Waals surface area contributed by atoms with Crippen LogP contribution in [0.1, 0.15) is 226 Å². The summed E-state index contributed by atoms with van der Waals surface area (Å²) in [6.07, 6.45) is 15.2. The Bertz CT molecular complexity index is 3730. The summed E-state index contributed by atoms with van der Waals surface area (Å²) in [5.41, 5.74) is 6.69. The van der Waals surface area contributed by atoms with E-state index in [9.17, 15) is 72.9 Å². The molecule has 4 aromatic carbocycles. The number of nitrogens with two attached hydrogens (primary N) is 1. The first-order valence-corrected chi connectivity index (χ1v) is 41.9. The molecule has 0 aromatic heterocycles. The molecule has 6 rings (SSSR count). The largest absolute Gasteiger partial charge is 1.00 e. The predicted molar refractivity (Wildman–Crippen MR) is 458 cm³/mol. The second-order valence-corrected chi connectivity index (χ2v) is 32.1. The fourth-order valence-electron chi connectivity index (χ4n) is 13.7. The quantitative estimate of drug-likeness (QED) is 0.0170. The Labute approximate surface area is 721 Å². The lowest BCUT2D eigenvalue weighted by molar-refractivity contribution is -0.159. The lowest BCUT2D eigenvalue weighted by atomic mass is 9.83. The molecule has 676 valence electrons. The molecule has 2 saturated carbocycles. The third-order valence-electron chi connectivity index (χ3n) is 19.8. The topological polar surface area (TPSA) is 461 Å². The van der Waals surface area contributed by atoms with Crippen molar-refractivity contribution in [1.29, 1.82) is 0 Å². The zero-order valence-electron chi connectivity index (χ0n) is 71.6. The molecule has 0 saturated heterocycles. The first kappa shape index (κ1) is 107. The number of unbranched alkanes of at least 4 members (excludes halogenated alkanes) is 4. The van der Waals surface area contributed by atoms with Crippen molar-refractivity contribution in [3.8, 4) is 11.5 Å². The van der Waals surface area contributed by atoms with Gasteiger partial charge in [0.25, 0.3) is 11.8 Å². The lowest BCUT2D eigenvalue weighted by Gasteiger charge is -2.31. The van der Waals surface area contributed by atoms with Gasteiger partial charge in [-0.1, -0.05) is 158 Å². The number of carboxylic acids is 1. The zero-order chi connectivity index (χ0) is 87.7. The van der Waals surface area contributed by atoms with Crippen LogP contribution in [0.4, 0.5) is 0 Å². The molecule has 121 heavy (non-hydrogen) atoms. The van der Waals surface area contributed by atoms with Crippen molar-refractivity contribution in [2.24, 2.45) is 17.6 Å². The standard InChI is InChI=1S/C44H66N6O9.C24H37N3O5.C20H31N3O5.CH4.ClH/c1-6-17-34(39(53)42(56)46-28-36(52)50-38(32-21-12-8-13-22-32)43(57)59-44(2,3)4)48-40(54)35(49-41(55)37(47-29-51)31-19-10-7-11-20-31)27-30-18-16-23-33(26-30)58-25-15-9-14-24-45-5;1-25-13-6-3-7-14-32-20-12-8-9-18(15-20)16-21(24(30)31)27-23(29)22(26-17-28)19-10-4-2-5-11-19;1-5-9-14(21)17(25)18(26)22-12-15(24)23-16(13-10-7-6-8-11-13)19(27)28-20(2,3)4;;/h8,12-13,16,18,21-23,26,29,31,34-35,37-39,45,53H,6-7,9-11,14-15,17,19-20,24-25,27-28H2,1-5H3,(H,46,56)(H,47,51)(H,48,54)(H,49,55)(H,50,52);8-9,12,15,17,19,21-22,25H,2-7,10-11,13-14,16H2,1H3,(H,26,28)(H,27,29)(H,30,31);6-8,10-11,14,16-17,25H,5,9,12,21H2,1-4H3,(H,22,26)(H,23,24);1H4;1H/p-1/t34?,35-,37-,38-,39?;21-,22-;14?,16-,17?;;/m000../s1. The van der Waals surface area contributed by atoms with Gasteiger partial charge < -0.3 is 111 Å². The Hall–Kier alpha value is -9.79.